The highest BCUT2D eigenvalue weighted by molar-refractivity contribution is 5.78. The summed E-state index contributed by atoms with van der Waals surface area (Å²) in [6.45, 7) is 1.42. The molecule has 2 rings (SSSR count). The van der Waals surface area contributed by atoms with E-state index >= 15 is 0 Å². The van der Waals surface area contributed by atoms with Gasteiger partial charge >= 0.3 is 0 Å². The Balaban J connectivity index is 1.95. The van der Waals surface area contributed by atoms with E-state index in [1.807, 2.05) is 0 Å². The van der Waals surface area contributed by atoms with Crippen LogP contribution in [0.3, 0.4) is 0 Å². The van der Waals surface area contributed by atoms with Crippen LogP contribution in [0.25, 0.3) is 10.4 Å². The molecule has 0 N–H and O–H groups in total. The summed E-state index contributed by atoms with van der Waals surface area (Å²) in [6, 6.07) is 6.10. The second-order valence-corrected chi connectivity index (χ2v) is 4.38. The van der Waals surface area contributed by atoms with Gasteiger partial charge in [-0.3, -0.25) is 4.79 Å². The maximum Gasteiger partial charge on any atom is 0.223 e. The van der Waals surface area contributed by atoms with Gasteiger partial charge in [0.1, 0.15) is 5.82 Å². The average Bonchev–Trinajstić information content (AvgIpc) is 2.70. The molecule has 1 aromatic carbocycles. The van der Waals surface area contributed by atoms with Crippen molar-refractivity contribution in [2.75, 3.05) is 13.1 Å². The molecule has 5 nitrogen and oxygen atoms in total. The van der Waals surface area contributed by atoms with Gasteiger partial charge < -0.3 is 4.90 Å². The molecule has 0 radical (unpaired) electrons. The maximum absolute atomic E-state index is 12.8. The fourth-order valence-electron chi connectivity index (χ4n) is 2.09. The van der Waals surface area contributed by atoms with Crippen molar-refractivity contribution in [1.29, 1.82) is 0 Å². The molecule has 0 saturated carbocycles. The smallest absolute Gasteiger partial charge is 0.223 e. The van der Waals surface area contributed by atoms with Crippen molar-refractivity contribution in [3.8, 4) is 0 Å². The van der Waals surface area contributed by atoms with Gasteiger partial charge in [0.2, 0.25) is 5.91 Å². The minimum Gasteiger partial charge on any atom is -0.338 e. The molecule has 1 aliphatic heterocycles. The molecule has 1 saturated heterocycles. The maximum atomic E-state index is 12.8. The number of carbonyl (C=O) groups excluding carboxylic acids is 1. The average molecular weight is 248 g/mol. The number of nitrogens with zero attached hydrogens (tertiary/aromatic N) is 4. The quantitative estimate of drug-likeness (QED) is 0.458. The van der Waals surface area contributed by atoms with Gasteiger partial charge in [0.25, 0.3) is 0 Å². The normalized spacial score (nSPS) is 18.8. The van der Waals surface area contributed by atoms with Crippen LogP contribution in [0.2, 0.25) is 0 Å². The number of rotatable bonds is 4. The molecule has 1 aromatic rings. The Morgan fingerprint density at radius 1 is 1.44 bits per heavy atom. The van der Waals surface area contributed by atoms with Crippen LogP contribution in [0.5, 0.6) is 0 Å². The van der Waals surface area contributed by atoms with Crippen LogP contribution in [-0.4, -0.2) is 23.9 Å². The molecule has 1 aliphatic rings. The van der Waals surface area contributed by atoms with E-state index in [1.165, 1.54) is 12.1 Å². The van der Waals surface area contributed by atoms with Gasteiger partial charge in [-0.2, -0.15) is 0 Å². The molecule has 0 bridgehead atoms. The Morgan fingerprint density at radius 2 is 2.17 bits per heavy atom. The summed E-state index contributed by atoms with van der Waals surface area (Å²) in [5.41, 5.74) is 9.14. The number of likely N-dealkylation sites (tertiary alicyclic amines) is 1. The Labute approximate surface area is 104 Å². The molecule has 0 aromatic heterocycles. The number of halogens is 1. The Hall–Kier alpha value is -2.07. The van der Waals surface area contributed by atoms with Crippen LogP contribution in [0, 0.1) is 11.7 Å². The minimum atomic E-state index is -0.285. The van der Waals surface area contributed by atoms with E-state index in [0.717, 1.165) is 5.56 Å². The largest absolute Gasteiger partial charge is 0.338 e. The van der Waals surface area contributed by atoms with E-state index in [9.17, 15) is 9.18 Å². The zero-order chi connectivity index (χ0) is 13.0. The lowest BCUT2D eigenvalue weighted by Crippen LogP contribution is -2.24. The Bertz CT molecular complexity index is 481. The monoisotopic (exact) mass is 248 g/mol. The molecule has 94 valence electrons. The predicted octanol–water partition coefficient (Wildman–Crippen LogP) is 2.48. The van der Waals surface area contributed by atoms with Crippen molar-refractivity contribution in [2.24, 2.45) is 11.0 Å². The Morgan fingerprint density at radius 3 is 2.83 bits per heavy atom. The number of amides is 1. The van der Waals surface area contributed by atoms with E-state index in [0.29, 0.717) is 26.1 Å². The molecule has 1 heterocycles. The fourth-order valence-corrected chi connectivity index (χ4v) is 2.09. The van der Waals surface area contributed by atoms with Crippen LogP contribution >= 0.6 is 0 Å². The van der Waals surface area contributed by atoms with Crippen molar-refractivity contribution in [3.63, 3.8) is 0 Å². The van der Waals surface area contributed by atoms with Crippen molar-refractivity contribution >= 4 is 5.91 Å². The number of hydrogen-bond donors (Lipinski definition) is 0. The first-order valence-corrected chi connectivity index (χ1v) is 5.72. The van der Waals surface area contributed by atoms with Gasteiger partial charge in [0, 0.05) is 31.0 Å². The summed E-state index contributed by atoms with van der Waals surface area (Å²) in [7, 11) is 0. The molecule has 1 atom stereocenters. The highest BCUT2D eigenvalue weighted by atomic mass is 19.1. The molecular formula is C12H13FN4O. The van der Waals surface area contributed by atoms with Crippen molar-refractivity contribution < 1.29 is 9.18 Å². The van der Waals surface area contributed by atoms with E-state index in [1.54, 1.807) is 17.0 Å². The molecule has 18 heavy (non-hydrogen) atoms. The summed E-state index contributed by atoms with van der Waals surface area (Å²) in [5, 5.41) is 3.49. The zero-order valence-corrected chi connectivity index (χ0v) is 9.79. The van der Waals surface area contributed by atoms with Crippen LogP contribution in [0.4, 0.5) is 4.39 Å². The minimum absolute atomic E-state index is 0.0532. The third-order valence-electron chi connectivity index (χ3n) is 2.98. The second-order valence-electron chi connectivity index (χ2n) is 4.38. The number of carbonyl (C=O) groups is 1. The van der Waals surface area contributed by atoms with Crippen molar-refractivity contribution in [2.45, 2.75) is 13.0 Å². The summed E-state index contributed by atoms with van der Waals surface area (Å²) < 4.78 is 12.8. The van der Waals surface area contributed by atoms with E-state index in [2.05, 4.69) is 10.0 Å². The van der Waals surface area contributed by atoms with Crippen LogP contribution in [-0.2, 0) is 11.3 Å². The zero-order valence-electron chi connectivity index (χ0n) is 9.79. The summed E-state index contributed by atoms with van der Waals surface area (Å²) in [4.78, 5) is 16.1. The number of benzene rings is 1. The summed E-state index contributed by atoms with van der Waals surface area (Å²) in [5.74, 6) is -0.140. The van der Waals surface area contributed by atoms with Crippen LogP contribution < -0.4 is 0 Å². The highest BCUT2D eigenvalue weighted by Gasteiger charge is 2.28. The van der Waals surface area contributed by atoms with Gasteiger partial charge in [-0.05, 0) is 29.1 Å². The molecule has 6 heteroatoms. The molecule has 1 unspecified atom stereocenters. The first-order valence-electron chi connectivity index (χ1n) is 5.72. The third-order valence-corrected chi connectivity index (χ3v) is 2.98. The molecule has 0 spiro atoms. The van der Waals surface area contributed by atoms with E-state index in [4.69, 9.17) is 5.53 Å². The first-order chi connectivity index (χ1) is 8.69. The summed E-state index contributed by atoms with van der Waals surface area (Å²) >= 11 is 0. The molecule has 1 amide bonds. The van der Waals surface area contributed by atoms with Gasteiger partial charge in [-0.1, -0.05) is 17.2 Å². The van der Waals surface area contributed by atoms with Crippen molar-refractivity contribution in [3.05, 3.63) is 46.1 Å². The van der Waals surface area contributed by atoms with Crippen LogP contribution in [0.1, 0.15) is 12.0 Å². The number of azide groups is 1. The standard InChI is InChI=1S/C12H13FN4O/c13-11-3-1-9(2-4-11)7-17-8-10(5-12(17)18)6-15-16-14/h1-4,10H,5-8H2. The van der Waals surface area contributed by atoms with E-state index < -0.39 is 0 Å². The highest BCUT2D eigenvalue weighted by Crippen LogP contribution is 2.20. The van der Waals surface area contributed by atoms with Gasteiger partial charge in [-0.15, -0.1) is 0 Å². The Kier molecular flexibility index (Phi) is 3.79. The lowest BCUT2D eigenvalue weighted by Gasteiger charge is -2.16. The van der Waals surface area contributed by atoms with E-state index in [-0.39, 0.29) is 17.6 Å². The van der Waals surface area contributed by atoms with Gasteiger partial charge in [-0.25, -0.2) is 4.39 Å². The molecular weight excluding hydrogens is 235 g/mol. The first kappa shape index (κ1) is 12.4. The second kappa shape index (κ2) is 5.51. The predicted molar refractivity (Wildman–Crippen MR) is 63.9 cm³/mol. The van der Waals surface area contributed by atoms with Crippen molar-refractivity contribution in [1.82, 2.24) is 4.90 Å². The van der Waals surface area contributed by atoms with Gasteiger partial charge in [0.05, 0.1) is 0 Å². The lowest BCUT2D eigenvalue weighted by molar-refractivity contribution is -0.128. The molecule has 1 fully saturated rings. The molecule has 0 aliphatic carbocycles. The fraction of sp³-hybridized carbons (Fsp3) is 0.417. The third kappa shape index (κ3) is 2.99. The SMILES string of the molecule is [N-]=[N+]=NCC1CC(=O)N(Cc2ccc(F)cc2)C1. The lowest BCUT2D eigenvalue weighted by atomic mass is 10.1. The number of hydrogen-bond acceptors (Lipinski definition) is 2. The van der Waals surface area contributed by atoms with Gasteiger partial charge in [0.15, 0.2) is 0 Å². The summed E-state index contributed by atoms with van der Waals surface area (Å²) in [6.07, 6.45) is 0.417. The topological polar surface area (TPSA) is 69.1 Å². The van der Waals surface area contributed by atoms with Crippen LogP contribution in [0.15, 0.2) is 29.4 Å².